The molecular formula is C16H12ClF4N3O5. The van der Waals surface area contributed by atoms with Crippen LogP contribution in [0.25, 0.3) is 5.69 Å². The molecule has 0 aliphatic carbocycles. The average molecular weight is 438 g/mol. The number of aromatic nitrogens is 2. The van der Waals surface area contributed by atoms with Crippen molar-refractivity contribution in [2.24, 2.45) is 12.2 Å². The van der Waals surface area contributed by atoms with Gasteiger partial charge >= 0.3 is 17.8 Å². The Balaban J connectivity index is 2.61. The molecule has 0 radical (unpaired) electrons. The van der Waals surface area contributed by atoms with Gasteiger partial charge in [0.25, 0.3) is 5.56 Å². The van der Waals surface area contributed by atoms with Gasteiger partial charge in [0.2, 0.25) is 6.10 Å². The Morgan fingerprint density at radius 1 is 1.31 bits per heavy atom. The minimum atomic E-state index is -4.97. The van der Waals surface area contributed by atoms with Gasteiger partial charge < -0.3 is 9.94 Å². The topological polar surface area (TPSA) is 103 Å². The lowest BCUT2D eigenvalue weighted by Gasteiger charge is -2.14. The number of oxime groups is 1. The summed E-state index contributed by atoms with van der Waals surface area (Å²) in [5.41, 5.74) is -5.13. The molecule has 0 spiro atoms. The quantitative estimate of drug-likeness (QED) is 0.439. The minimum Gasteiger partial charge on any atom is -0.478 e. The maximum absolute atomic E-state index is 14.3. The molecule has 1 N–H and O–H groups in total. The van der Waals surface area contributed by atoms with E-state index >= 15 is 0 Å². The lowest BCUT2D eigenvalue weighted by atomic mass is 10.2. The minimum absolute atomic E-state index is 0.0884. The first kappa shape index (κ1) is 22.1. The van der Waals surface area contributed by atoms with Crippen molar-refractivity contribution < 1.29 is 32.3 Å². The highest BCUT2D eigenvalue weighted by Crippen LogP contribution is 2.27. The van der Waals surface area contributed by atoms with Crippen LogP contribution in [0.15, 0.2) is 32.9 Å². The molecule has 1 atom stereocenters. The summed E-state index contributed by atoms with van der Waals surface area (Å²) in [5, 5.41) is 11.8. The number of alkyl halides is 3. The van der Waals surface area contributed by atoms with E-state index in [1.807, 2.05) is 0 Å². The van der Waals surface area contributed by atoms with Crippen LogP contribution < -0.4 is 11.2 Å². The van der Waals surface area contributed by atoms with E-state index in [9.17, 15) is 31.9 Å². The van der Waals surface area contributed by atoms with Crippen LogP contribution in [0.3, 0.4) is 0 Å². The molecule has 1 heterocycles. The molecule has 2 rings (SSSR count). The highest BCUT2D eigenvalue weighted by molar-refractivity contribution is 6.33. The van der Waals surface area contributed by atoms with Crippen LogP contribution in [0.5, 0.6) is 0 Å². The normalized spacial score (nSPS) is 12.9. The van der Waals surface area contributed by atoms with Gasteiger partial charge in [-0.15, -0.1) is 0 Å². The van der Waals surface area contributed by atoms with Crippen LogP contribution in [0.1, 0.15) is 18.2 Å². The summed E-state index contributed by atoms with van der Waals surface area (Å²) >= 11 is 5.84. The number of rotatable bonds is 5. The van der Waals surface area contributed by atoms with Crippen molar-refractivity contribution >= 4 is 23.8 Å². The molecule has 0 saturated heterocycles. The molecule has 0 unspecified atom stereocenters. The Kier molecular flexibility index (Phi) is 6.16. The zero-order valence-corrected chi connectivity index (χ0v) is 15.5. The van der Waals surface area contributed by atoms with Gasteiger partial charge in [0, 0.05) is 18.7 Å². The molecule has 0 amide bonds. The van der Waals surface area contributed by atoms with Gasteiger partial charge in [-0.1, -0.05) is 16.8 Å². The first-order valence-electron chi connectivity index (χ1n) is 7.66. The maximum Gasteiger partial charge on any atom is 0.431 e. The third-order valence-corrected chi connectivity index (χ3v) is 4.00. The third-order valence-electron chi connectivity index (χ3n) is 3.68. The van der Waals surface area contributed by atoms with Crippen LogP contribution in [-0.2, 0) is 22.9 Å². The molecule has 0 aliphatic heterocycles. The first-order valence-corrected chi connectivity index (χ1v) is 8.04. The van der Waals surface area contributed by atoms with Gasteiger partial charge in [0.1, 0.15) is 11.5 Å². The fourth-order valence-corrected chi connectivity index (χ4v) is 2.37. The highest BCUT2D eigenvalue weighted by Gasteiger charge is 2.35. The van der Waals surface area contributed by atoms with E-state index in [0.717, 1.165) is 19.3 Å². The molecule has 1 aromatic carbocycles. The molecule has 2 aromatic rings. The van der Waals surface area contributed by atoms with Gasteiger partial charge in [0.15, 0.2) is 0 Å². The monoisotopic (exact) mass is 437 g/mol. The van der Waals surface area contributed by atoms with E-state index in [1.54, 1.807) is 0 Å². The number of hydrogen-bond donors (Lipinski definition) is 1. The van der Waals surface area contributed by atoms with Gasteiger partial charge in [-0.3, -0.25) is 9.36 Å². The van der Waals surface area contributed by atoms with Gasteiger partial charge in [-0.05, 0) is 19.1 Å². The molecule has 0 fully saturated rings. The number of carbonyl (C=O) groups is 1. The molecular weight excluding hydrogens is 426 g/mol. The van der Waals surface area contributed by atoms with Crippen LogP contribution in [0.4, 0.5) is 17.6 Å². The van der Waals surface area contributed by atoms with E-state index in [2.05, 4.69) is 9.99 Å². The largest absolute Gasteiger partial charge is 0.478 e. The van der Waals surface area contributed by atoms with E-state index in [1.165, 1.54) is 6.92 Å². The summed E-state index contributed by atoms with van der Waals surface area (Å²) in [7, 11) is 0.776. The number of carboxylic acids is 1. The van der Waals surface area contributed by atoms with Gasteiger partial charge in [0.05, 0.1) is 16.9 Å². The fraction of sp³-hybridized carbons (Fsp3) is 0.250. The lowest BCUT2D eigenvalue weighted by Crippen LogP contribution is -2.41. The van der Waals surface area contributed by atoms with Crippen molar-refractivity contribution in [3.05, 3.63) is 61.1 Å². The van der Waals surface area contributed by atoms with Crippen molar-refractivity contribution in [3.63, 3.8) is 0 Å². The van der Waals surface area contributed by atoms with E-state index in [-0.39, 0.29) is 25.8 Å². The van der Waals surface area contributed by atoms with Crippen LogP contribution in [0, 0.1) is 5.82 Å². The van der Waals surface area contributed by atoms with Crippen molar-refractivity contribution in [3.8, 4) is 5.69 Å². The van der Waals surface area contributed by atoms with E-state index < -0.39 is 46.7 Å². The third kappa shape index (κ3) is 4.65. The molecule has 1 aromatic heterocycles. The Morgan fingerprint density at radius 3 is 2.48 bits per heavy atom. The van der Waals surface area contributed by atoms with Crippen molar-refractivity contribution in [1.29, 1.82) is 0 Å². The molecule has 156 valence electrons. The molecule has 29 heavy (non-hydrogen) atoms. The predicted molar refractivity (Wildman–Crippen MR) is 93.0 cm³/mol. The first-order chi connectivity index (χ1) is 13.3. The number of carboxylic acid groups (broad SMARTS) is 1. The van der Waals surface area contributed by atoms with E-state index in [4.69, 9.17) is 16.7 Å². The van der Waals surface area contributed by atoms with Crippen molar-refractivity contribution in [1.82, 2.24) is 9.13 Å². The van der Waals surface area contributed by atoms with Gasteiger partial charge in [-0.2, -0.15) is 13.2 Å². The summed E-state index contributed by atoms with van der Waals surface area (Å²) in [5.74, 6) is -2.47. The summed E-state index contributed by atoms with van der Waals surface area (Å²) in [6, 6.07) is 1.75. The summed E-state index contributed by atoms with van der Waals surface area (Å²) < 4.78 is 53.5. The molecule has 8 nitrogen and oxygen atoms in total. The second-order valence-corrected chi connectivity index (χ2v) is 6.10. The predicted octanol–water partition coefficient (Wildman–Crippen LogP) is 2.17. The number of benzene rings is 1. The summed E-state index contributed by atoms with van der Waals surface area (Å²) in [6.07, 6.45) is -5.39. The van der Waals surface area contributed by atoms with Crippen LogP contribution in [0.2, 0.25) is 5.02 Å². The van der Waals surface area contributed by atoms with Crippen LogP contribution in [-0.4, -0.2) is 32.5 Å². The number of hydrogen-bond acceptors (Lipinski definition) is 5. The number of nitrogens with zero attached hydrogens (tertiary/aromatic N) is 3. The zero-order chi connectivity index (χ0) is 22.1. The Labute approximate surface area is 164 Å². The Hall–Kier alpha value is -3.15. The maximum atomic E-state index is 14.3. The zero-order valence-electron chi connectivity index (χ0n) is 14.7. The number of halogens is 5. The molecule has 0 bridgehead atoms. The molecule has 13 heteroatoms. The lowest BCUT2D eigenvalue weighted by molar-refractivity contribution is -0.149. The standard InChI is InChI=1S/C16H12ClF4N3O5/c1-7(14(26)27)29-22-6-8-3-11(10(18)4-9(8)17)24-13(25)5-12(16(19,20)21)23(2)15(24)28/h3-7H,1-2H3,(H,26,27)/b22-6+/t7-/m0/s1. The van der Waals surface area contributed by atoms with Crippen molar-refractivity contribution in [2.75, 3.05) is 0 Å². The molecule has 0 saturated carbocycles. The Bertz CT molecular complexity index is 1110. The molecule has 0 aliphatic rings. The fourth-order valence-electron chi connectivity index (χ4n) is 2.17. The smallest absolute Gasteiger partial charge is 0.431 e. The van der Waals surface area contributed by atoms with Gasteiger partial charge in [-0.25, -0.2) is 18.5 Å². The summed E-state index contributed by atoms with van der Waals surface area (Å²) in [4.78, 5) is 39.7. The second-order valence-electron chi connectivity index (χ2n) is 5.69. The second kappa shape index (κ2) is 8.07. The SMILES string of the molecule is C[C@H](O/N=C/c1cc(-n2c(=O)cc(C(F)(F)F)n(C)c2=O)c(F)cc1Cl)C(=O)O. The van der Waals surface area contributed by atoms with Crippen molar-refractivity contribution in [2.45, 2.75) is 19.2 Å². The van der Waals surface area contributed by atoms with E-state index in [0.29, 0.717) is 6.07 Å². The number of aliphatic carboxylic acids is 1. The average Bonchev–Trinajstić information content (AvgIpc) is 2.60. The summed E-state index contributed by atoms with van der Waals surface area (Å²) in [6.45, 7) is 1.18. The Morgan fingerprint density at radius 2 is 1.93 bits per heavy atom. The van der Waals surface area contributed by atoms with Crippen LogP contribution >= 0.6 is 11.6 Å². The highest BCUT2D eigenvalue weighted by atomic mass is 35.5.